The Morgan fingerprint density at radius 1 is 1.21 bits per heavy atom. The molecule has 14 heavy (non-hydrogen) atoms. The van der Waals surface area contributed by atoms with Crippen molar-refractivity contribution in [3.05, 3.63) is 0 Å². The molecule has 84 valence electrons. The molecule has 1 aliphatic carbocycles. The van der Waals surface area contributed by atoms with Gasteiger partial charge in [0, 0.05) is 12.1 Å². The molecule has 0 aliphatic heterocycles. The van der Waals surface area contributed by atoms with E-state index in [-0.39, 0.29) is 0 Å². The number of hydrogen-bond acceptors (Lipinski definition) is 2. The maximum atomic E-state index is 6.21. The normalized spacial score (nSPS) is 23.8. The van der Waals surface area contributed by atoms with Gasteiger partial charge in [-0.05, 0) is 33.4 Å². The molecule has 2 nitrogen and oxygen atoms in total. The van der Waals surface area contributed by atoms with Crippen molar-refractivity contribution in [3.63, 3.8) is 0 Å². The largest absolute Gasteiger partial charge is 0.326 e. The predicted octanol–water partition coefficient (Wildman–Crippen LogP) is 2.23. The smallest absolute Gasteiger partial charge is 0.0212 e. The third-order valence-electron chi connectivity index (χ3n) is 3.76. The second kappa shape index (κ2) is 5.72. The first-order chi connectivity index (χ1) is 6.61. The number of nitrogens with zero attached hydrogens (tertiary/aromatic N) is 1. The van der Waals surface area contributed by atoms with Crippen LogP contribution < -0.4 is 5.73 Å². The number of rotatable bonds is 4. The first-order valence-corrected chi connectivity index (χ1v) is 6.03. The van der Waals surface area contributed by atoms with E-state index in [0.29, 0.717) is 12.1 Å². The average molecular weight is 198 g/mol. The highest BCUT2D eigenvalue weighted by Crippen LogP contribution is 2.27. The minimum atomic E-state index is 0.355. The van der Waals surface area contributed by atoms with Crippen LogP contribution in [0.4, 0.5) is 0 Å². The molecule has 0 amide bonds. The lowest BCUT2D eigenvalue weighted by Gasteiger charge is -2.30. The highest BCUT2D eigenvalue weighted by Gasteiger charge is 2.21. The van der Waals surface area contributed by atoms with E-state index in [2.05, 4.69) is 25.9 Å². The minimum absolute atomic E-state index is 0.355. The molecule has 0 aromatic heterocycles. The monoisotopic (exact) mass is 198 g/mol. The van der Waals surface area contributed by atoms with E-state index in [1.165, 1.54) is 38.5 Å². The maximum Gasteiger partial charge on any atom is 0.0212 e. The molecule has 0 bridgehead atoms. The summed E-state index contributed by atoms with van der Waals surface area (Å²) < 4.78 is 0. The van der Waals surface area contributed by atoms with Gasteiger partial charge in [-0.2, -0.15) is 0 Å². The molecule has 1 fully saturated rings. The lowest BCUT2D eigenvalue weighted by atomic mass is 9.83. The Hall–Kier alpha value is -0.0800. The van der Waals surface area contributed by atoms with E-state index in [9.17, 15) is 0 Å². The third-order valence-corrected chi connectivity index (χ3v) is 3.76. The van der Waals surface area contributed by atoms with Crippen LogP contribution in [-0.2, 0) is 0 Å². The molecule has 0 radical (unpaired) electrons. The van der Waals surface area contributed by atoms with Crippen LogP contribution in [0, 0.1) is 5.92 Å². The summed E-state index contributed by atoms with van der Waals surface area (Å²) in [4.78, 5) is 2.23. The summed E-state index contributed by atoms with van der Waals surface area (Å²) in [6.45, 7) is 2.23. The fourth-order valence-corrected chi connectivity index (χ4v) is 2.39. The molecule has 2 atom stereocenters. The van der Waals surface area contributed by atoms with Crippen LogP contribution in [0.15, 0.2) is 0 Å². The fraction of sp³-hybridized carbons (Fsp3) is 1.00. The van der Waals surface area contributed by atoms with E-state index in [1.54, 1.807) is 0 Å². The van der Waals surface area contributed by atoms with Gasteiger partial charge in [-0.3, -0.25) is 0 Å². The van der Waals surface area contributed by atoms with Crippen LogP contribution in [-0.4, -0.2) is 31.1 Å². The highest BCUT2D eigenvalue weighted by molar-refractivity contribution is 4.79. The second-order valence-electron chi connectivity index (χ2n) is 5.11. The number of nitrogens with two attached hydrogens (primary N) is 1. The number of hydrogen-bond donors (Lipinski definition) is 1. The van der Waals surface area contributed by atoms with Gasteiger partial charge in [0.2, 0.25) is 0 Å². The summed E-state index contributed by atoms with van der Waals surface area (Å²) in [6.07, 6.45) is 8.33. The van der Waals surface area contributed by atoms with Crippen molar-refractivity contribution in [2.75, 3.05) is 14.1 Å². The zero-order chi connectivity index (χ0) is 10.6. The Morgan fingerprint density at radius 3 is 2.29 bits per heavy atom. The Labute approximate surface area is 88.8 Å². The van der Waals surface area contributed by atoms with Crippen molar-refractivity contribution in [1.82, 2.24) is 4.90 Å². The van der Waals surface area contributed by atoms with Gasteiger partial charge in [-0.1, -0.05) is 32.1 Å². The lowest BCUT2D eigenvalue weighted by molar-refractivity contribution is 0.227. The van der Waals surface area contributed by atoms with E-state index in [4.69, 9.17) is 5.73 Å². The van der Waals surface area contributed by atoms with Crippen LogP contribution >= 0.6 is 0 Å². The van der Waals surface area contributed by atoms with Crippen LogP contribution in [0.2, 0.25) is 0 Å². The van der Waals surface area contributed by atoms with Crippen molar-refractivity contribution < 1.29 is 0 Å². The topological polar surface area (TPSA) is 29.3 Å². The van der Waals surface area contributed by atoms with Crippen molar-refractivity contribution >= 4 is 0 Å². The van der Waals surface area contributed by atoms with E-state index in [0.717, 1.165) is 5.92 Å². The van der Waals surface area contributed by atoms with Gasteiger partial charge in [0.1, 0.15) is 0 Å². The first-order valence-electron chi connectivity index (χ1n) is 6.03. The zero-order valence-corrected chi connectivity index (χ0v) is 10.00. The Morgan fingerprint density at radius 2 is 1.79 bits per heavy atom. The summed E-state index contributed by atoms with van der Waals surface area (Å²) in [7, 11) is 4.23. The molecule has 1 rings (SSSR count). The molecule has 0 spiro atoms. The van der Waals surface area contributed by atoms with Gasteiger partial charge in [-0.25, -0.2) is 0 Å². The lowest BCUT2D eigenvalue weighted by Crippen LogP contribution is -2.43. The van der Waals surface area contributed by atoms with Gasteiger partial charge < -0.3 is 10.6 Å². The first kappa shape index (κ1) is 12.0. The van der Waals surface area contributed by atoms with Gasteiger partial charge in [0.25, 0.3) is 0 Å². The number of likely N-dealkylation sites (N-methyl/N-ethyl adjacent to an activating group) is 1. The highest BCUT2D eigenvalue weighted by atomic mass is 15.1. The van der Waals surface area contributed by atoms with Crippen molar-refractivity contribution in [2.24, 2.45) is 11.7 Å². The Kier molecular flexibility index (Phi) is 4.90. The van der Waals surface area contributed by atoms with Gasteiger partial charge in [-0.15, -0.1) is 0 Å². The van der Waals surface area contributed by atoms with Gasteiger partial charge >= 0.3 is 0 Å². The Balaban J connectivity index is 2.27. The van der Waals surface area contributed by atoms with E-state index >= 15 is 0 Å². The molecule has 1 saturated carbocycles. The molecular formula is C12H26N2. The fourth-order valence-electron chi connectivity index (χ4n) is 2.39. The summed E-state index contributed by atoms with van der Waals surface area (Å²) >= 11 is 0. The summed E-state index contributed by atoms with van der Waals surface area (Å²) in [6, 6.07) is 0.866. The van der Waals surface area contributed by atoms with Crippen LogP contribution in [0.1, 0.15) is 45.4 Å². The minimum Gasteiger partial charge on any atom is -0.326 e. The molecule has 1 aliphatic rings. The quantitative estimate of drug-likeness (QED) is 0.750. The molecule has 2 unspecified atom stereocenters. The molecular weight excluding hydrogens is 172 g/mol. The average Bonchev–Trinajstić information content (AvgIpc) is 2.18. The van der Waals surface area contributed by atoms with Crippen molar-refractivity contribution in [3.8, 4) is 0 Å². The molecule has 0 heterocycles. The van der Waals surface area contributed by atoms with Crippen LogP contribution in [0.25, 0.3) is 0 Å². The molecule has 2 N–H and O–H groups in total. The summed E-state index contributed by atoms with van der Waals surface area (Å²) in [5.74, 6) is 0.904. The molecule has 0 saturated heterocycles. The summed E-state index contributed by atoms with van der Waals surface area (Å²) in [5, 5.41) is 0. The molecule has 0 aromatic carbocycles. The SMILES string of the molecule is CC(C(N)CC1CCCCC1)N(C)C. The van der Waals surface area contributed by atoms with Gasteiger partial charge in [0.05, 0.1) is 0 Å². The van der Waals surface area contributed by atoms with E-state index in [1.807, 2.05) is 0 Å². The molecule has 0 aromatic rings. The van der Waals surface area contributed by atoms with Crippen LogP contribution in [0.5, 0.6) is 0 Å². The van der Waals surface area contributed by atoms with Crippen molar-refractivity contribution in [2.45, 2.75) is 57.5 Å². The maximum absolute atomic E-state index is 6.21. The third kappa shape index (κ3) is 3.58. The van der Waals surface area contributed by atoms with Crippen molar-refractivity contribution in [1.29, 1.82) is 0 Å². The van der Waals surface area contributed by atoms with Gasteiger partial charge in [0.15, 0.2) is 0 Å². The zero-order valence-electron chi connectivity index (χ0n) is 10.00. The standard InChI is InChI=1S/C12H26N2/c1-10(14(2)3)12(13)9-11-7-5-4-6-8-11/h10-12H,4-9,13H2,1-3H3. The molecule has 2 heteroatoms. The van der Waals surface area contributed by atoms with Crippen LogP contribution in [0.3, 0.4) is 0 Å². The predicted molar refractivity (Wildman–Crippen MR) is 62.3 cm³/mol. The summed E-state index contributed by atoms with van der Waals surface area (Å²) in [5.41, 5.74) is 6.21. The second-order valence-corrected chi connectivity index (χ2v) is 5.11. The van der Waals surface area contributed by atoms with E-state index < -0.39 is 0 Å². The Bertz CT molecular complexity index is 150.